The summed E-state index contributed by atoms with van der Waals surface area (Å²) in [5, 5.41) is 2.78. The Morgan fingerprint density at radius 1 is 1.16 bits per heavy atom. The van der Waals surface area contributed by atoms with Crippen LogP contribution in [0.25, 0.3) is 0 Å². The number of hydrogen-bond acceptors (Lipinski definition) is 4. The number of carbonyl (C=O) groups excluding carboxylic acids is 1. The summed E-state index contributed by atoms with van der Waals surface area (Å²) in [4.78, 5) is 12.5. The lowest BCUT2D eigenvalue weighted by molar-refractivity contribution is 0.102. The lowest BCUT2D eigenvalue weighted by atomic mass is 10.1. The van der Waals surface area contributed by atoms with Gasteiger partial charge in [-0.1, -0.05) is 13.0 Å². The molecule has 1 unspecified atom stereocenters. The Labute approximate surface area is 148 Å². The van der Waals surface area contributed by atoms with Crippen molar-refractivity contribution in [3.8, 4) is 0 Å². The van der Waals surface area contributed by atoms with Crippen molar-refractivity contribution in [2.45, 2.75) is 38.1 Å². The van der Waals surface area contributed by atoms with E-state index in [1.54, 1.807) is 19.1 Å². The molecular weight excluding hydrogens is 338 g/mol. The Hall–Kier alpha value is -2.38. The van der Waals surface area contributed by atoms with E-state index in [2.05, 4.69) is 10.0 Å². The second-order valence-electron chi connectivity index (χ2n) is 5.98. The number of nitrogens with one attached hydrogen (secondary N) is 2. The minimum absolute atomic E-state index is 0.129. The van der Waals surface area contributed by atoms with Crippen LogP contribution in [0.3, 0.4) is 0 Å². The van der Waals surface area contributed by atoms with Gasteiger partial charge >= 0.3 is 0 Å². The first-order valence-electron chi connectivity index (χ1n) is 8.03. The minimum Gasteiger partial charge on any atom is -0.399 e. The molecule has 134 valence electrons. The van der Waals surface area contributed by atoms with Crippen LogP contribution in [0, 0.1) is 6.92 Å². The van der Waals surface area contributed by atoms with Gasteiger partial charge in [-0.2, -0.15) is 0 Å². The highest BCUT2D eigenvalue weighted by atomic mass is 32.2. The normalized spacial score (nSPS) is 12.6. The molecule has 0 fully saturated rings. The molecule has 1 atom stereocenters. The predicted octanol–water partition coefficient (Wildman–Crippen LogP) is 2.91. The first kappa shape index (κ1) is 19.0. The number of rotatable bonds is 6. The van der Waals surface area contributed by atoms with E-state index >= 15 is 0 Å². The van der Waals surface area contributed by atoms with Crippen LogP contribution >= 0.6 is 0 Å². The molecule has 4 N–H and O–H groups in total. The van der Waals surface area contributed by atoms with E-state index in [4.69, 9.17) is 5.73 Å². The van der Waals surface area contributed by atoms with Crippen molar-refractivity contribution in [3.63, 3.8) is 0 Å². The van der Waals surface area contributed by atoms with Crippen molar-refractivity contribution >= 4 is 27.3 Å². The van der Waals surface area contributed by atoms with E-state index in [9.17, 15) is 13.2 Å². The van der Waals surface area contributed by atoms with Gasteiger partial charge in [0.2, 0.25) is 10.0 Å². The van der Waals surface area contributed by atoms with Crippen LogP contribution in [0.2, 0.25) is 0 Å². The van der Waals surface area contributed by atoms with Crippen molar-refractivity contribution in [2.75, 3.05) is 11.1 Å². The summed E-state index contributed by atoms with van der Waals surface area (Å²) in [5.74, 6) is -0.326. The molecule has 1 amide bonds. The number of aryl methyl sites for hydroxylation is 1. The Balaban J connectivity index is 2.16. The molecule has 25 heavy (non-hydrogen) atoms. The summed E-state index contributed by atoms with van der Waals surface area (Å²) in [6, 6.07) is 10.9. The van der Waals surface area contributed by atoms with Crippen LogP contribution < -0.4 is 15.8 Å². The van der Waals surface area contributed by atoms with Gasteiger partial charge in [0, 0.05) is 23.0 Å². The molecule has 6 nitrogen and oxygen atoms in total. The Morgan fingerprint density at radius 2 is 1.80 bits per heavy atom. The molecule has 0 spiro atoms. The van der Waals surface area contributed by atoms with Gasteiger partial charge in [0.15, 0.2) is 0 Å². The fourth-order valence-corrected chi connectivity index (χ4v) is 3.50. The molecule has 2 aromatic rings. The Bertz CT molecular complexity index is 862. The van der Waals surface area contributed by atoms with E-state index in [0.717, 1.165) is 5.56 Å². The molecule has 0 aliphatic heterocycles. The van der Waals surface area contributed by atoms with Crippen LogP contribution in [-0.4, -0.2) is 20.4 Å². The number of benzene rings is 2. The highest BCUT2D eigenvalue weighted by molar-refractivity contribution is 7.89. The van der Waals surface area contributed by atoms with Crippen LogP contribution in [0.1, 0.15) is 36.2 Å². The van der Waals surface area contributed by atoms with Crippen molar-refractivity contribution in [3.05, 3.63) is 53.6 Å². The first-order chi connectivity index (χ1) is 11.7. The maximum absolute atomic E-state index is 12.3. The van der Waals surface area contributed by atoms with Crippen molar-refractivity contribution in [1.29, 1.82) is 0 Å². The predicted molar refractivity (Wildman–Crippen MR) is 100 cm³/mol. The van der Waals surface area contributed by atoms with E-state index < -0.39 is 10.0 Å². The van der Waals surface area contributed by atoms with E-state index in [1.807, 2.05) is 19.9 Å². The summed E-state index contributed by atoms with van der Waals surface area (Å²) in [6.07, 6.45) is 0.694. The maximum Gasteiger partial charge on any atom is 0.255 e. The smallest absolute Gasteiger partial charge is 0.255 e. The van der Waals surface area contributed by atoms with Gasteiger partial charge in [-0.25, -0.2) is 13.1 Å². The zero-order chi connectivity index (χ0) is 18.6. The van der Waals surface area contributed by atoms with Gasteiger partial charge < -0.3 is 11.1 Å². The van der Waals surface area contributed by atoms with E-state index in [1.165, 1.54) is 24.3 Å². The first-order valence-corrected chi connectivity index (χ1v) is 9.51. The molecule has 7 heteroatoms. The molecular formula is C18H23N3O3S. The Morgan fingerprint density at radius 3 is 2.40 bits per heavy atom. The third-order valence-corrected chi connectivity index (χ3v) is 5.51. The summed E-state index contributed by atoms with van der Waals surface area (Å²) < 4.78 is 27.0. The van der Waals surface area contributed by atoms with Crippen molar-refractivity contribution in [1.82, 2.24) is 4.72 Å². The second kappa shape index (κ2) is 7.67. The van der Waals surface area contributed by atoms with Crippen molar-refractivity contribution < 1.29 is 13.2 Å². The topological polar surface area (TPSA) is 101 Å². The zero-order valence-electron chi connectivity index (χ0n) is 14.5. The molecule has 0 saturated heterocycles. The third kappa shape index (κ3) is 4.80. The second-order valence-corrected chi connectivity index (χ2v) is 7.70. The molecule has 0 aliphatic rings. The monoisotopic (exact) mass is 361 g/mol. The highest BCUT2D eigenvalue weighted by Crippen LogP contribution is 2.19. The summed E-state index contributed by atoms with van der Waals surface area (Å²) in [7, 11) is -3.58. The molecule has 0 saturated carbocycles. The van der Waals surface area contributed by atoms with E-state index in [0.29, 0.717) is 23.4 Å². The lowest BCUT2D eigenvalue weighted by Crippen LogP contribution is -2.32. The fraction of sp³-hybridized carbons (Fsp3) is 0.278. The number of carbonyl (C=O) groups is 1. The van der Waals surface area contributed by atoms with Gasteiger partial charge in [-0.3, -0.25) is 4.79 Å². The van der Waals surface area contributed by atoms with Crippen LogP contribution in [0.4, 0.5) is 11.4 Å². The molecule has 2 rings (SSSR count). The Kier molecular flexibility index (Phi) is 5.81. The molecule has 0 heterocycles. The number of nitrogen functional groups attached to an aromatic ring is 1. The number of nitrogens with two attached hydrogens (primary N) is 1. The van der Waals surface area contributed by atoms with Gasteiger partial charge in [0.05, 0.1) is 4.90 Å². The summed E-state index contributed by atoms with van der Waals surface area (Å²) >= 11 is 0. The highest BCUT2D eigenvalue weighted by Gasteiger charge is 2.17. The molecule has 0 bridgehead atoms. The SMILES string of the molecule is CCC(C)NS(=O)(=O)c1ccc(C(=O)Nc2cc(N)ccc2C)cc1. The minimum atomic E-state index is -3.58. The maximum atomic E-state index is 12.3. The number of anilines is 2. The van der Waals surface area contributed by atoms with E-state index in [-0.39, 0.29) is 16.8 Å². The number of amides is 1. The van der Waals surface area contributed by atoms with Crippen LogP contribution in [-0.2, 0) is 10.0 Å². The lowest BCUT2D eigenvalue weighted by Gasteiger charge is -2.13. The van der Waals surface area contributed by atoms with Gasteiger partial charge in [0.1, 0.15) is 0 Å². The van der Waals surface area contributed by atoms with Crippen molar-refractivity contribution in [2.24, 2.45) is 0 Å². The summed E-state index contributed by atoms with van der Waals surface area (Å²) in [5.41, 5.74) is 8.17. The summed E-state index contributed by atoms with van der Waals surface area (Å²) in [6.45, 7) is 5.57. The third-order valence-electron chi connectivity index (χ3n) is 3.91. The average molecular weight is 361 g/mol. The number of sulfonamides is 1. The van der Waals surface area contributed by atoms with Crippen LogP contribution in [0.5, 0.6) is 0 Å². The zero-order valence-corrected chi connectivity index (χ0v) is 15.4. The van der Waals surface area contributed by atoms with Gasteiger partial charge in [0.25, 0.3) is 5.91 Å². The average Bonchev–Trinajstić information content (AvgIpc) is 2.57. The fourth-order valence-electron chi connectivity index (χ4n) is 2.17. The number of hydrogen-bond donors (Lipinski definition) is 3. The quantitative estimate of drug-likeness (QED) is 0.689. The largest absolute Gasteiger partial charge is 0.399 e. The van der Waals surface area contributed by atoms with Crippen LogP contribution in [0.15, 0.2) is 47.4 Å². The molecule has 0 aromatic heterocycles. The molecule has 0 radical (unpaired) electrons. The standard InChI is InChI=1S/C18H23N3O3S/c1-4-13(3)21-25(23,24)16-9-6-14(7-10-16)18(22)20-17-11-15(19)8-5-12(17)2/h5-11,13,21H,4,19H2,1-3H3,(H,20,22). The molecule has 2 aromatic carbocycles. The van der Waals surface area contributed by atoms with Gasteiger partial charge in [-0.15, -0.1) is 0 Å². The molecule has 0 aliphatic carbocycles. The van der Waals surface area contributed by atoms with Gasteiger partial charge in [-0.05, 0) is 62.2 Å².